The summed E-state index contributed by atoms with van der Waals surface area (Å²) in [4.78, 5) is 20.6. The van der Waals surface area contributed by atoms with Crippen molar-refractivity contribution in [3.05, 3.63) is 42.2 Å². The minimum Gasteiger partial charge on any atom is -0.480 e. The highest BCUT2D eigenvalue weighted by molar-refractivity contribution is 5.73. The third kappa shape index (κ3) is 3.32. The Morgan fingerprint density at radius 2 is 1.95 bits per heavy atom. The highest BCUT2D eigenvalue weighted by Gasteiger charge is 2.09. The van der Waals surface area contributed by atoms with E-state index in [1.165, 1.54) is 11.9 Å². The van der Waals surface area contributed by atoms with Crippen LogP contribution in [0.2, 0.25) is 0 Å². The van der Waals surface area contributed by atoms with Gasteiger partial charge in [-0.3, -0.25) is 4.79 Å². The number of nitrogens with zero attached hydrogens (tertiary/aromatic N) is 3. The van der Waals surface area contributed by atoms with E-state index in [0.29, 0.717) is 5.82 Å². The standard InChI is InChI=1S/C15H17N3O2/c1-3-11-4-6-12(7-5-11)13-8-14(17-10-16-13)18(2)9-15(19)20/h4-8,10H,3,9H2,1-2H3,(H,19,20). The van der Waals surface area contributed by atoms with Crippen LogP contribution in [0.15, 0.2) is 36.7 Å². The molecule has 0 aliphatic carbocycles. The van der Waals surface area contributed by atoms with Crippen molar-refractivity contribution in [1.29, 1.82) is 0 Å². The fourth-order valence-corrected chi connectivity index (χ4v) is 1.91. The van der Waals surface area contributed by atoms with Gasteiger partial charge in [-0.1, -0.05) is 31.2 Å². The number of carboxylic acids is 1. The molecule has 5 heteroatoms. The highest BCUT2D eigenvalue weighted by atomic mass is 16.4. The van der Waals surface area contributed by atoms with Gasteiger partial charge >= 0.3 is 5.97 Å². The van der Waals surface area contributed by atoms with Crippen LogP contribution >= 0.6 is 0 Å². The summed E-state index contributed by atoms with van der Waals surface area (Å²) in [5.41, 5.74) is 3.05. The van der Waals surface area contributed by atoms with Crippen molar-refractivity contribution in [2.45, 2.75) is 13.3 Å². The molecule has 0 radical (unpaired) electrons. The van der Waals surface area contributed by atoms with Gasteiger partial charge in [-0.05, 0) is 12.0 Å². The Morgan fingerprint density at radius 1 is 1.25 bits per heavy atom. The van der Waals surface area contributed by atoms with Crippen molar-refractivity contribution in [3.63, 3.8) is 0 Å². The summed E-state index contributed by atoms with van der Waals surface area (Å²) in [7, 11) is 1.69. The number of benzene rings is 1. The molecule has 1 N–H and O–H groups in total. The van der Waals surface area contributed by atoms with Crippen LogP contribution in [0.4, 0.5) is 5.82 Å². The summed E-state index contributed by atoms with van der Waals surface area (Å²) < 4.78 is 0. The van der Waals surface area contributed by atoms with Gasteiger partial charge in [0.05, 0.1) is 5.69 Å². The van der Waals surface area contributed by atoms with E-state index in [2.05, 4.69) is 29.0 Å². The smallest absolute Gasteiger partial charge is 0.323 e. The SMILES string of the molecule is CCc1ccc(-c2cc(N(C)CC(=O)O)ncn2)cc1. The summed E-state index contributed by atoms with van der Waals surface area (Å²) >= 11 is 0. The predicted molar refractivity (Wildman–Crippen MR) is 77.8 cm³/mol. The second-order valence-electron chi connectivity index (χ2n) is 4.56. The Kier molecular flexibility index (Phi) is 4.30. The third-order valence-corrected chi connectivity index (χ3v) is 3.07. The minimum atomic E-state index is -0.889. The van der Waals surface area contributed by atoms with E-state index in [1.807, 2.05) is 12.1 Å². The average Bonchev–Trinajstić information content (AvgIpc) is 2.47. The molecule has 0 amide bonds. The van der Waals surface area contributed by atoms with Gasteiger partial charge in [0.25, 0.3) is 0 Å². The summed E-state index contributed by atoms with van der Waals surface area (Å²) in [6, 6.07) is 9.96. The molecule has 0 bridgehead atoms. The van der Waals surface area contributed by atoms with Gasteiger partial charge in [0.2, 0.25) is 0 Å². The first-order chi connectivity index (χ1) is 9.60. The summed E-state index contributed by atoms with van der Waals surface area (Å²) in [5.74, 6) is -0.295. The van der Waals surface area contributed by atoms with E-state index in [-0.39, 0.29) is 6.54 Å². The minimum absolute atomic E-state index is 0.0920. The Hall–Kier alpha value is -2.43. The van der Waals surface area contributed by atoms with Gasteiger partial charge in [-0.2, -0.15) is 0 Å². The topological polar surface area (TPSA) is 66.3 Å². The number of carboxylic acid groups (broad SMARTS) is 1. The number of aryl methyl sites for hydroxylation is 1. The number of rotatable bonds is 5. The Balaban J connectivity index is 2.26. The lowest BCUT2D eigenvalue weighted by Crippen LogP contribution is -2.25. The van der Waals surface area contributed by atoms with Gasteiger partial charge in [-0.25, -0.2) is 9.97 Å². The maximum Gasteiger partial charge on any atom is 0.323 e. The quantitative estimate of drug-likeness (QED) is 0.903. The van der Waals surface area contributed by atoms with E-state index in [4.69, 9.17) is 5.11 Å². The van der Waals surface area contributed by atoms with Gasteiger partial charge in [0.15, 0.2) is 0 Å². The van der Waals surface area contributed by atoms with E-state index in [9.17, 15) is 4.79 Å². The Bertz CT molecular complexity index is 596. The fourth-order valence-electron chi connectivity index (χ4n) is 1.91. The number of hydrogen-bond acceptors (Lipinski definition) is 4. The van der Waals surface area contributed by atoms with Gasteiger partial charge in [0, 0.05) is 18.7 Å². The number of carbonyl (C=O) groups is 1. The molecule has 5 nitrogen and oxygen atoms in total. The zero-order chi connectivity index (χ0) is 14.5. The average molecular weight is 271 g/mol. The van der Waals surface area contributed by atoms with Gasteiger partial charge in [0.1, 0.15) is 18.7 Å². The zero-order valence-corrected chi connectivity index (χ0v) is 11.6. The second-order valence-corrected chi connectivity index (χ2v) is 4.56. The van der Waals surface area contributed by atoms with Crippen LogP contribution in [0.25, 0.3) is 11.3 Å². The van der Waals surface area contributed by atoms with Crippen molar-refractivity contribution in [2.75, 3.05) is 18.5 Å². The summed E-state index contributed by atoms with van der Waals surface area (Å²) in [5, 5.41) is 8.80. The Labute approximate surface area is 117 Å². The predicted octanol–water partition coefficient (Wildman–Crippen LogP) is 2.23. The van der Waals surface area contributed by atoms with E-state index >= 15 is 0 Å². The first kappa shape index (κ1) is 14.0. The van der Waals surface area contributed by atoms with Crippen LogP contribution < -0.4 is 4.90 Å². The van der Waals surface area contributed by atoms with Crippen LogP contribution in [0.5, 0.6) is 0 Å². The number of aromatic nitrogens is 2. The normalized spacial score (nSPS) is 10.3. The Morgan fingerprint density at radius 3 is 2.55 bits per heavy atom. The molecule has 1 heterocycles. The largest absolute Gasteiger partial charge is 0.480 e. The van der Waals surface area contributed by atoms with Crippen LogP contribution in [0, 0.1) is 0 Å². The molecule has 0 saturated carbocycles. The molecule has 0 spiro atoms. The number of aliphatic carboxylic acids is 1. The van der Waals surface area contributed by atoms with Crippen molar-refractivity contribution in [2.24, 2.45) is 0 Å². The molecule has 20 heavy (non-hydrogen) atoms. The van der Waals surface area contributed by atoms with Crippen LogP contribution in [0.3, 0.4) is 0 Å². The summed E-state index contributed by atoms with van der Waals surface area (Å²) in [6.45, 7) is 2.02. The van der Waals surface area contributed by atoms with Crippen molar-refractivity contribution < 1.29 is 9.90 Å². The molecule has 1 aromatic heterocycles. The van der Waals surface area contributed by atoms with Crippen LogP contribution in [-0.2, 0) is 11.2 Å². The molecule has 0 atom stereocenters. The van der Waals surface area contributed by atoms with E-state index in [0.717, 1.165) is 17.7 Å². The lowest BCUT2D eigenvalue weighted by Gasteiger charge is -2.15. The lowest BCUT2D eigenvalue weighted by molar-refractivity contribution is -0.135. The van der Waals surface area contributed by atoms with E-state index in [1.54, 1.807) is 18.0 Å². The third-order valence-electron chi connectivity index (χ3n) is 3.07. The number of anilines is 1. The van der Waals surface area contributed by atoms with Gasteiger partial charge in [-0.15, -0.1) is 0 Å². The molecule has 0 saturated heterocycles. The first-order valence-electron chi connectivity index (χ1n) is 6.44. The molecule has 1 aromatic carbocycles. The number of likely N-dealkylation sites (N-methyl/N-ethyl adjacent to an activating group) is 1. The molecule has 104 valence electrons. The lowest BCUT2D eigenvalue weighted by atomic mass is 10.1. The molecule has 2 aromatic rings. The second kappa shape index (κ2) is 6.14. The maximum atomic E-state index is 10.7. The van der Waals surface area contributed by atoms with Crippen LogP contribution in [-0.4, -0.2) is 34.6 Å². The molecule has 0 unspecified atom stereocenters. The zero-order valence-electron chi connectivity index (χ0n) is 11.6. The monoisotopic (exact) mass is 271 g/mol. The molecule has 2 rings (SSSR count). The molecular formula is C15H17N3O2. The summed E-state index contributed by atoms with van der Waals surface area (Å²) in [6.07, 6.45) is 2.45. The fraction of sp³-hybridized carbons (Fsp3) is 0.267. The van der Waals surface area contributed by atoms with Crippen molar-refractivity contribution in [1.82, 2.24) is 9.97 Å². The molecule has 0 aliphatic heterocycles. The molecule has 0 aliphatic rings. The van der Waals surface area contributed by atoms with E-state index < -0.39 is 5.97 Å². The van der Waals surface area contributed by atoms with Gasteiger partial charge < -0.3 is 10.0 Å². The molecular weight excluding hydrogens is 254 g/mol. The van der Waals surface area contributed by atoms with Crippen LogP contribution in [0.1, 0.15) is 12.5 Å². The molecule has 0 fully saturated rings. The van der Waals surface area contributed by atoms with Crippen molar-refractivity contribution >= 4 is 11.8 Å². The van der Waals surface area contributed by atoms with Crippen molar-refractivity contribution in [3.8, 4) is 11.3 Å². The first-order valence-corrected chi connectivity index (χ1v) is 6.44. The highest BCUT2D eigenvalue weighted by Crippen LogP contribution is 2.20. The maximum absolute atomic E-state index is 10.7. The number of hydrogen-bond donors (Lipinski definition) is 1.